The summed E-state index contributed by atoms with van der Waals surface area (Å²) in [5.74, 6) is -1.40. The van der Waals surface area contributed by atoms with Crippen molar-refractivity contribution in [3.05, 3.63) is 35.9 Å². The van der Waals surface area contributed by atoms with E-state index in [-0.39, 0.29) is 38.1 Å². The number of rotatable bonds is 17. The highest BCUT2D eigenvalue weighted by Crippen LogP contribution is 2.28. The maximum Gasteiger partial charge on any atom is 0.306 e. The summed E-state index contributed by atoms with van der Waals surface area (Å²) in [6, 6.07) is 9.70. The Bertz CT molecular complexity index is 868. The molecule has 0 N–H and O–H groups in total. The van der Waals surface area contributed by atoms with Crippen molar-refractivity contribution in [3.63, 3.8) is 0 Å². The van der Waals surface area contributed by atoms with Crippen molar-refractivity contribution in [2.24, 2.45) is 0 Å². The predicted octanol–water partition coefficient (Wildman–Crippen LogP) is 5.28. The van der Waals surface area contributed by atoms with Crippen LogP contribution < -0.4 is 0 Å². The van der Waals surface area contributed by atoms with Gasteiger partial charge in [-0.1, -0.05) is 70.4 Å². The zero-order valence-corrected chi connectivity index (χ0v) is 23.2. The van der Waals surface area contributed by atoms with Crippen LogP contribution in [0.3, 0.4) is 0 Å². The van der Waals surface area contributed by atoms with Crippen molar-refractivity contribution < 1.29 is 38.1 Å². The van der Waals surface area contributed by atoms with Crippen LogP contribution in [0.2, 0.25) is 0 Å². The van der Waals surface area contributed by atoms with Crippen molar-refractivity contribution in [2.45, 2.75) is 122 Å². The number of hydrogen-bond donors (Lipinski definition) is 0. The molecule has 0 radical (unpaired) electrons. The first-order valence-electron chi connectivity index (χ1n) is 14.1. The van der Waals surface area contributed by atoms with Crippen molar-refractivity contribution in [3.8, 4) is 0 Å². The molecule has 0 bridgehead atoms. The zero-order valence-electron chi connectivity index (χ0n) is 23.2. The third-order valence-corrected chi connectivity index (χ3v) is 6.52. The lowest BCUT2D eigenvalue weighted by molar-refractivity contribution is -0.228. The average molecular weight is 533 g/mol. The van der Waals surface area contributed by atoms with Gasteiger partial charge in [-0.3, -0.25) is 19.2 Å². The lowest BCUT2D eigenvalue weighted by Gasteiger charge is -2.41. The summed E-state index contributed by atoms with van der Waals surface area (Å²) in [5.41, 5.74) is 1.05. The van der Waals surface area contributed by atoms with Crippen molar-refractivity contribution in [1.29, 1.82) is 0 Å². The largest absolute Gasteiger partial charge is 0.456 e. The summed E-state index contributed by atoms with van der Waals surface area (Å²) < 4.78 is 23.2. The van der Waals surface area contributed by atoms with Crippen LogP contribution >= 0.6 is 0 Å². The first-order valence-corrected chi connectivity index (χ1v) is 14.1. The molecule has 2 rings (SSSR count). The summed E-state index contributed by atoms with van der Waals surface area (Å²) >= 11 is 0. The SMILES string of the molecule is CCCCC(=O)OC1COC(CC(=O)CCc2ccccc2)C(OC(=O)CCCC)C1OC(=O)CCCC. The molecule has 212 valence electrons. The summed E-state index contributed by atoms with van der Waals surface area (Å²) in [4.78, 5) is 50.7. The Kier molecular flexibility index (Phi) is 14.7. The van der Waals surface area contributed by atoms with Gasteiger partial charge in [0.25, 0.3) is 0 Å². The molecule has 1 aromatic carbocycles. The Morgan fingerprint density at radius 1 is 0.737 bits per heavy atom. The van der Waals surface area contributed by atoms with Crippen molar-refractivity contribution in [1.82, 2.24) is 0 Å². The van der Waals surface area contributed by atoms with E-state index in [1.807, 2.05) is 51.1 Å². The molecule has 0 aromatic heterocycles. The van der Waals surface area contributed by atoms with E-state index in [1.54, 1.807) is 0 Å². The van der Waals surface area contributed by atoms with Gasteiger partial charge in [0.05, 0.1) is 6.61 Å². The Hall–Kier alpha value is -2.74. The van der Waals surface area contributed by atoms with Crippen LogP contribution in [0.4, 0.5) is 0 Å². The van der Waals surface area contributed by atoms with Crippen molar-refractivity contribution >= 4 is 23.7 Å². The topological polar surface area (TPSA) is 105 Å². The fraction of sp³-hybridized carbons (Fsp3) is 0.667. The molecular weight excluding hydrogens is 488 g/mol. The van der Waals surface area contributed by atoms with Crippen LogP contribution in [-0.4, -0.2) is 54.7 Å². The number of hydrogen-bond acceptors (Lipinski definition) is 8. The van der Waals surface area contributed by atoms with Gasteiger partial charge in [0.1, 0.15) is 11.9 Å². The number of aryl methyl sites for hydroxylation is 1. The van der Waals surface area contributed by atoms with Crippen LogP contribution in [0.15, 0.2) is 30.3 Å². The Labute approximate surface area is 226 Å². The fourth-order valence-electron chi connectivity index (χ4n) is 4.26. The number of ether oxygens (including phenoxy) is 4. The Balaban J connectivity index is 2.21. The van der Waals surface area contributed by atoms with Gasteiger partial charge in [-0.2, -0.15) is 0 Å². The van der Waals surface area contributed by atoms with Crippen LogP contribution in [0.1, 0.15) is 97.0 Å². The minimum absolute atomic E-state index is 0.00192. The van der Waals surface area contributed by atoms with Gasteiger partial charge in [0, 0.05) is 32.1 Å². The minimum atomic E-state index is -1.05. The maximum atomic E-state index is 12.9. The van der Waals surface area contributed by atoms with Gasteiger partial charge in [-0.05, 0) is 31.2 Å². The van der Waals surface area contributed by atoms with Gasteiger partial charge in [-0.25, -0.2) is 0 Å². The van der Waals surface area contributed by atoms with E-state index in [0.29, 0.717) is 32.1 Å². The molecule has 8 heteroatoms. The number of Topliss-reactive ketones (excluding diaryl/α,β-unsaturated/α-hetero) is 1. The zero-order chi connectivity index (χ0) is 27.8. The standard InChI is InChI=1S/C30H44O8/c1-4-7-15-26(32)36-25-21-35-24(20-23(31)19-18-22-13-11-10-12-14-22)29(37-27(33)16-8-5-2)30(25)38-28(34)17-9-6-3/h10-14,24-25,29-30H,4-9,15-21H2,1-3H3. The second-order valence-corrected chi connectivity index (χ2v) is 9.85. The molecule has 1 aromatic rings. The van der Waals surface area contributed by atoms with E-state index in [2.05, 4.69) is 0 Å². The number of carbonyl (C=O) groups is 4. The molecule has 0 spiro atoms. The second-order valence-electron chi connectivity index (χ2n) is 9.85. The number of carbonyl (C=O) groups excluding carboxylic acids is 4. The molecule has 8 nitrogen and oxygen atoms in total. The maximum absolute atomic E-state index is 12.9. The third-order valence-electron chi connectivity index (χ3n) is 6.52. The predicted molar refractivity (Wildman–Crippen MR) is 142 cm³/mol. The average Bonchev–Trinajstić information content (AvgIpc) is 2.91. The minimum Gasteiger partial charge on any atom is -0.456 e. The quantitative estimate of drug-likeness (QED) is 0.197. The molecule has 0 amide bonds. The highest BCUT2D eigenvalue weighted by molar-refractivity contribution is 5.79. The molecule has 1 heterocycles. The van der Waals surface area contributed by atoms with Gasteiger partial charge >= 0.3 is 17.9 Å². The number of unbranched alkanes of at least 4 members (excludes halogenated alkanes) is 3. The second kappa shape index (κ2) is 17.7. The summed E-state index contributed by atoms with van der Waals surface area (Å²) in [6.07, 6.45) is 2.08. The fourth-order valence-corrected chi connectivity index (χ4v) is 4.26. The molecular formula is C30H44O8. The summed E-state index contributed by atoms with van der Waals surface area (Å²) in [6.45, 7) is 5.86. The molecule has 4 atom stereocenters. The van der Waals surface area contributed by atoms with E-state index in [1.165, 1.54) is 0 Å². The van der Waals surface area contributed by atoms with Crippen molar-refractivity contribution in [2.75, 3.05) is 6.61 Å². The van der Waals surface area contributed by atoms with Gasteiger partial charge in [-0.15, -0.1) is 0 Å². The van der Waals surface area contributed by atoms with Gasteiger partial charge < -0.3 is 18.9 Å². The Morgan fingerprint density at radius 2 is 1.26 bits per heavy atom. The molecule has 1 saturated heterocycles. The van der Waals surface area contributed by atoms with E-state index < -0.39 is 42.3 Å². The van der Waals surface area contributed by atoms with E-state index in [0.717, 1.165) is 24.8 Å². The van der Waals surface area contributed by atoms with E-state index >= 15 is 0 Å². The third kappa shape index (κ3) is 11.3. The molecule has 1 aliphatic heterocycles. The van der Waals surface area contributed by atoms with Crippen LogP contribution in [-0.2, 0) is 44.5 Å². The molecule has 0 aliphatic carbocycles. The van der Waals surface area contributed by atoms with E-state index in [9.17, 15) is 19.2 Å². The molecule has 1 aliphatic rings. The number of benzene rings is 1. The molecule has 1 fully saturated rings. The lowest BCUT2D eigenvalue weighted by Crippen LogP contribution is -2.58. The highest BCUT2D eigenvalue weighted by atomic mass is 16.6. The summed E-state index contributed by atoms with van der Waals surface area (Å²) in [5, 5.41) is 0. The Morgan fingerprint density at radius 3 is 1.82 bits per heavy atom. The highest BCUT2D eigenvalue weighted by Gasteiger charge is 2.47. The molecule has 0 saturated carbocycles. The number of esters is 3. The normalized spacial score (nSPS) is 20.9. The number of ketones is 1. The van der Waals surface area contributed by atoms with Gasteiger partial charge in [0.2, 0.25) is 0 Å². The molecule has 38 heavy (non-hydrogen) atoms. The lowest BCUT2D eigenvalue weighted by atomic mass is 9.94. The van der Waals surface area contributed by atoms with Crippen LogP contribution in [0.25, 0.3) is 0 Å². The molecule has 4 unspecified atom stereocenters. The monoisotopic (exact) mass is 532 g/mol. The first kappa shape index (κ1) is 31.5. The van der Waals surface area contributed by atoms with Gasteiger partial charge in [0.15, 0.2) is 18.3 Å². The smallest absolute Gasteiger partial charge is 0.306 e. The summed E-state index contributed by atoms with van der Waals surface area (Å²) in [7, 11) is 0. The van der Waals surface area contributed by atoms with E-state index in [4.69, 9.17) is 18.9 Å². The van der Waals surface area contributed by atoms with Crippen LogP contribution in [0.5, 0.6) is 0 Å². The first-order chi connectivity index (χ1) is 18.4. The van der Waals surface area contributed by atoms with Crippen LogP contribution in [0, 0.1) is 0 Å².